The first-order valence-electron chi connectivity index (χ1n) is 22.7. The molecule has 0 saturated heterocycles. The highest BCUT2D eigenvalue weighted by Crippen LogP contribution is 2.38. The van der Waals surface area contributed by atoms with E-state index in [-0.39, 0.29) is 63.8 Å². The second kappa shape index (κ2) is 22.3. The Morgan fingerprint density at radius 3 is 1.51 bits per heavy atom. The SMILES string of the molecule is C.Cc1nn2c(C(C)C)c(C(=O)N[C@H]3CCOc4ccccc43)ccc2c1-c1c(F)cccc1F.Cc1nn2c(C(C)C)c(C(=O)O)ccc2c1-c1c(F)cccc1F.N[C@H]1CCOc2ccccc21.P. The number of halogens is 4. The maximum atomic E-state index is 14.6. The lowest BCUT2D eigenvalue weighted by Gasteiger charge is -2.27. The third kappa shape index (κ3) is 10.5. The minimum atomic E-state index is -1.06. The Bertz CT molecular complexity index is 3200. The van der Waals surface area contributed by atoms with Crippen LogP contribution in [0, 0.1) is 37.1 Å². The molecule has 4 N–H and O–H groups in total. The molecule has 11 nitrogen and oxygen atoms in total. The first-order valence-corrected chi connectivity index (χ1v) is 22.7. The number of nitrogens with one attached hydrogen (secondary N) is 1. The predicted octanol–water partition coefficient (Wildman–Crippen LogP) is 12.5. The van der Waals surface area contributed by atoms with Crippen molar-refractivity contribution in [3.8, 4) is 33.8 Å². The van der Waals surface area contributed by atoms with Gasteiger partial charge in [-0.3, -0.25) is 4.79 Å². The van der Waals surface area contributed by atoms with Crippen LogP contribution in [0.2, 0.25) is 0 Å². The summed E-state index contributed by atoms with van der Waals surface area (Å²) in [7, 11) is 0. The van der Waals surface area contributed by atoms with Crippen molar-refractivity contribution in [2.75, 3.05) is 13.2 Å². The number of fused-ring (bicyclic) bond motifs is 4. The van der Waals surface area contributed by atoms with Gasteiger partial charge < -0.3 is 25.6 Å². The number of aromatic carboxylic acids is 1. The summed E-state index contributed by atoms with van der Waals surface area (Å²) in [5.41, 5.74) is 12.2. The number of hydrogen-bond donors (Lipinski definition) is 3. The van der Waals surface area contributed by atoms with Gasteiger partial charge in [-0.15, -0.1) is 0 Å². The van der Waals surface area contributed by atoms with Gasteiger partial charge >= 0.3 is 5.97 Å². The Morgan fingerprint density at radius 1 is 0.620 bits per heavy atom. The fourth-order valence-electron chi connectivity index (χ4n) is 9.16. The number of amides is 1. The Balaban J connectivity index is 0.000000193. The zero-order valence-corrected chi connectivity index (χ0v) is 41.1. The molecule has 1 amide bonds. The molecule has 4 aromatic heterocycles. The molecule has 0 radical (unpaired) electrons. The number of para-hydroxylation sites is 2. The maximum absolute atomic E-state index is 14.6. The van der Waals surface area contributed by atoms with E-state index in [1.54, 1.807) is 30.5 Å². The van der Waals surface area contributed by atoms with Crippen molar-refractivity contribution in [2.45, 2.75) is 85.7 Å². The molecular weight excluding hydrogens is 932 g/mol. The van der Waals surface area contributed by atoms with E-state index in [1.807, 2.05) is 76.2 Å². The Morgan fingerprint density at radius 2 is 1.04 bits per heavy atom. The molecule has 71 heavy (non-hydrogen) atoms. The van der Waals surface area contributed by atoms with Crippen LogP contribution in [0.3, 0.4) is 0 Å². The van der Waals surface area contributed by atoms with Crippen molar-refractivity contribution < 1.29 is 41.7 Å². The number of nitrogens with two attached hydrogens (primary N) is 1. The zero-order chi connectivity index (χ0) is 49.3. The lowest BCUT2D eigenvalue weighted by Crippen LogP contribution is -2.33. The number of carbonyl (C=O) groups is 2. The molecule has 6 heterocycles. The molecular formula is C55H59F4N6O5P. The van der Waals surface area contributed by atoms with E-state index in [0.29, 0.717) is 63.5 Å². The summed E-state index contributed by atoms with van der Waals surface area (Å²) in [6, 6.07) is 29.5. The van der Waals surface area contributed by atoms with E-state index in [0.717, 1.165) is 35.7 Å². The number of carboxylic acid groups (broad SMARTS) is 1. The van der Waals surface area contributed by atoms with Crippen LogP contribution >= 0.6 is 9.90 Å². The molecule has 2 aliphatic rings. The van der Waals surface area contributed by atoms with Crippen molar-refractivity contribution in [1.82, 2.24) is 24.5 Å². The number of hydrogen-bond acceptors (Lipinski definition) is 7. The maximum Gasteiger partial charge on any atom is 0.337 e. The number of aromatic nitrogens is 4. The van der Waals surface area contributed by atoms with E-state index in [1.165, 1.54) is 53.0 Å². The zero-order valence-electron chi connectivity index (χ0n) is 39.7. The van der Waals surface area contributed by atoms with Crippen LogP contribution in [0.1, 0.15) is 127 Å². The normalized spacial score (nSPS) is 14.6. The lowest BCUT2D eigenvalue weighted by molar-refractivity contribution is 0.0693. The number of nitrogens with zero attached hydrogens (tertiary/aromatic N) is 4. The number of aryl methyl sites for hydroxylation is 2. The van der Waals surface area contributed by atoms with Gasteiger partial charge in [-0.25, -0.2) is 31.4 Å². The molecule has 3 atom stereocenters. The molecule has 0 spiro atoms. The van der Waals surface area contributed by atoms with Crippen LogP contribution in [0.4, 0.5) is 17.6 Å². The summed E-state index contributed by atoms with van der Waals surface area (Å²) in [4.78, 5) is 24.9. The van der Waals surface area contributed by atoms with Crippen LogP contribution in [-0.2, 0) is 0 Å². The molecule has 8 aromatic rings. The van der Waals surface area contributed by atoms with Gasteiger partial charge in [-0.1, -0.05) is 83.7 Å². The molecule has 2 aliphatic heterocycles. The number of benzene rings is 4. The number of carbonyl (C=O) groups excluding carboxylic acids is 1. The quantitative estimate of drug-likeness (QED) is 0.106. The smallest absolute Gasteiger partial charge is 0.337 e. The molecule has 0 fully saturated rings. The van der Waals surface area contributed by atoms with Crippen molar-refractivity contribution >= 4 is 32.8 Å². The average molecular weight is 991 g/mol. The first-order chi connectivity index (χ1) is 33.1. The lowest BCUT2D eigenvalue weighted by atomic mass is 9.98. The van der Waals surface area contributed by atoms with Gasteiger partial charge in [0.1, 0.15) is 34.8 Å². The summed E-state index contributed by atoms with van der Waals surface area (Å²) >= 11 is 0. The topological polar surface area (TPSA) is 145 Å². The molecule has 0 aliphatic carbocycles. The second-order valence-corrected chi connectivity index (χ2v) is 17.6. The third-order valence-corrected chi connectivity index (χ3v) is 12.3. The second-order valence-electron chi connectivity index (χ2n) is 17.6. The summed E-state index contributed by atoms with van der Waals surface area (Å²) < 4.78 is 71.9. The fraction of sp³-hybridized carbons (Fsp3) is 0.273. The number of ether oxygens (including phenoxy) is 2. The summed E-state index contributed by atoms with van der Waals surface area (Å²) in [5, 5.41) is 21.5. The number of carboxylic acids is 1. The summed E-state index contributed by atoms with van der Waals surface area (Å²) in [6.07, 6.45) is 1.59. The predicted molar refractivity (Wildman–Crippen MR) is 274 cm³/mol. The van der Waals surface area contributed by atoms with Gasteiger partial charge in [0.25, 0.3) is 5.91 Å². The van der Waals surface area contributed by atoms with Gasteiger partial charge in [0.05, 0.1) is 75.3 Å². The van der Waals surface area contributed by atoms with E-state index >= 15 is 0 Å². The molecule has 16 heteroatoms. The van der Waals surface area contributed by atoms with Gasteiger partial charge in [0.2, 0.25) is 0 Å². The highest BCUT2D eigenvalue weighted by Gasteiger charge is 2.29. The fourth-order valence-corrected chi connectivity index (χ4v) is 9.16. The van der Waals surface area contributed by atoms with Crippen molar-refractivity contribution in [2.24, 2.45) is 5.73 Å². The van der Waals surface area contributed by atoms with Crippen molar-refractivity contribution in [3.63, 3.8) is 0 Å². The summed E-state index contributed by atoms with van der Waals surface area (Å²) in [6.45, 7) is 12.3. The van der Waals surface area contributed by atoms with Crippen molar-refractivity contribution in [1.29, 1.82) is 0 Å². The first kappa shape index (κ1) is 53.3. The van der Waals surface area contributed by atoms with Crippen LogP contribution < -0.4 is 20.5 Å². The minimum Gasteiger partial charge on any atom is -0.493 e. The molecule has 4 aromatic carbocycles. The largest absolute Gasteiger partial charge is 0.493 e. The highest BCUT2D eigenvalue weighted by molar-refractivity contribution is 6.92. The van der Waals surface area contributed by atoms with E-state index in [9.17, 15) is 32.3 Å². The van der Waals surface area contributed by atoms with Crippen LogP contribution in [0.25, 0.3) is 33.3 Å². The van der Waals surface area contributed by atoms with Gasteiger partial charge in [-0.2, -0.15) is 20.1 Å². The highest BCUT2D eigenvalue weighted by atomic mass is 31.0. The van der Waals surface area contributed by atoms with Gasteiger partial charge in [0.15, 0.2) is 0 Å². The van der Waals surface area contributed by atoms with E-state index in [4.69, 9.17) is 15.2 Å². The molecule has 10 rings (SSSR count). The number of pyridine rings is 2. The van der Waals surface area contributed by atoms with Gasteiger partial charge in [-0.05, 0) is 86.3 Å². The molecule has 372 valence electrons. The van der Waals surface area contributed by atoms with Gasteiger partial charge in [0, 0.05) is 41.1 Å². The Hall–Kier alpha value is -7.09. The monoisotopic (exact) mass is 990 g/mol. The standard InChI is InChI=1S/C27H25F2N3O2.C18H16F2N2O2.C9H11NO.CH4.H3P/c1-15(2)26-18(27(33)30-21-13-14-34-23-10-5-4-7-17(21)23)11-12-22-24(16(3)31-32(22)26)25-19(28)8-6-9-20(25)29;1-9(2)17-11(18(23)24)7-8-14-15(10(3)21-22(14)17)16-12(19)5-4-6-13(16)20;10-8-5-6-11-9-4-2-1-3-7(8)9;;/h4-12,15,21H,13-14H2,1-3H3,(H,30,33);4-9H,1-3H3,(H,23,24);1-4,8H,5-6,10H2;1H4;1H3/t21-;;8-;;/m0.0../s1. The Kier molecular flexibility index (Phi) is 16.8. The molecule has 1 unspecified atom stereocenters. The van der Waals surface area contributed by atoms with E-state index < -0.39 is 29.2 Å². The molecule has 0 bridgehead atoms. The van der Waals surface area contributed by atoms with Crippen LogP contribution in [0.15, 0.2) is 109 Å². The van der Waals surface area contributed by atoms with Crippen LogP contribution in [-0.4, -0.2) is 49.4 Å². The third-order valence-electron chi connectivity index (χ3n) is 12.3. The van der Waals surface area contributed by atoms with Crippen molar-refractivity contribution in [3.05, 3.63) is 177 Å². The minimum absolute atomic E-state index is 0. The summed E-state index contributed by atoms with van der Waals surface area (Å²) in [5.74, 6) is -2.41. The number of rotatable bonds is 7. The average Bonchev–Trinajstić information content (AvgIpc) is 3.83. The Labute approximate surface area is 413 Å². The van der Waals surface area contributed by atoms with E-state index in [2.05, 4.69) is 15.5 Å². The van der Waals surface area contributed by atoms with Crippen LogP contribution in [0.5, 0.6) is 11.5 Å². The molecule has 0 saturated carbocycles.